The Morgan fingerprint density at radius 3 is 2.46 bits per heavy atom. The summed E-state index contributed by atoms with van der Waals surface area (Å²) in [7, 11) is 0. The lowest BCUT2D eigenvalue weighted by atomic mass is 10.2. The van der Waals surface area contributed by atoms with Gasteiger partial charge in [0.05, 0.1) is 5.69 Å². The van der Waals surface area contributed by atoms with E-state index in [1.54, 1.807) is 24.3 Å². The van der Waals surface area contributed by atoms with Crippen LogP contribution in [0.1, 0.15) is 23.2 Å². The van der Waals surface area contributed by atoms with E-state index in [4.69, 9.17) is 11.6 Å². The van der Waals surface area contributed by atoms with Crippen molar-refractivity contribution in [1.82, 2.24) is 5.32 Å². The van der Waals surface area contributed by atoms with Crippen molar-refractivity contribution in [3.05, 3.63) is 64.7 Å². The number of rotatable bonds is 6. The number of nitrogens with one attached hydrogen (secondary N) is 2. The van der Waals surface area contributed by atoms with Gasteiger partial charge in [0.2, 0.25) is 5.91 Å². The van der Waals surface area contributed by atoms with Gasteiger partial charge in [-0.05, 0) is 42.8 Å². The minimum absolute atomic E-state index is 0.0663. The van der Waals surface area contributed by atoms with Gasteiger partial charge in [0.25, 0.3) is 5.91 Å². The lowest BCUT2D eigenvalue weighted by molar-refractivity contribution is -0.116. The first kappa shape index (κ1) is 17.9. The van der Waals surface area contributed by atoms with Crippen LogP contribution in [-0.4, -0.2) is 18.4 Å². The monoisotopic (exact) mass is 352 g/mol. The third-order valence-electron chi connectivity index (χ3n) is 3.18. The van der Waals surface area contributed by atoms with E-state index in [2.05, 4.69) is 10.6 Å². The second-order valence-corrected chi connectivity index (χ2v) is 5.48. The van der Waals surface area contributed by atoms with Crippen LogP contribution in [0.4, 0.5) is 14.5 Å². The van der Waals surface area contributed by atoms with E-state index in [1.807, 2.05) is 0 Å². The van der Waals surface area contributed by atoms with Gasteiger partial charge in [-0.3, -0.25) is 9.59 Å². The molecule has 0 aliphatic carbocycles. The summed E-state index contributed by atoms with van der Waals surface area (Å²) in [5.74, 6) is -2.08. The Labute approximate surface area is 142 Å². The number of hydrogen-bond donors (Lipinski definition) is 2. The number of carbonyl (C=O) groups is 2. The Bertz CT molecular complexity index is 736. The molecule has 2 rings (SSSR count). The predicted octanol–water partition coefficient (Wildman–Crippen LogP) is 3.77. The fourth-order valence-corrected chi connectivity index (χ4v) is 2.09. The molecule has 2 N–H and O–H groups in total. The summed E-state index contributed by atoms with van der Waals surface area (Å²) in [4.78, 5) is 23.5. The first-order valence-corrected chi connectivity index (χ1v) is 7.62. The SMILES string of the molecule is O=C(CCCNC(=O)c1ccc(Cl)cc1)Nc1cc(F)ccc1F. The van der Waals surface area contributed by atoms with Crippen molar-refractivity contribution in [2.24, 2.45) is 0 Å². The van der Waals surface area contributed by atoms with Gasteiger partial charge in [-0.1, -0.05) is 11.6 Å². The van der Waals surface area contributed by atoms with Crippen LogP contribution < -0.4 is 10.6 Å². The molecule has 0 radical (unpaired) electrons. The van der Waals surface area contributed by atoms with Crippen LogP contribution in [0.25, 0.3) is 0 Å². The molecule has 0 atom stereocenters. The second-order valence-electron chi connectivity index (χ2n) is 5.04. The van der Waals surface area contributed by atoms with Gasteiger partial charge in [-0.2, -0.15) is 0 Å². The van der Waals surface area contributed by atoms with Gasteiger partial charge >= 0.3 is 0 Å². The van der Waals surface area contributed by atoms with E-state index < -0.39 is 17.5 Å². The number of amides is 2. The van der Waals surface area contributed by atoms with Crippen molar-refractivity contribution in [3.8, 4) is 0 Å². The molecule has 0 saturated heterocycles. The average Bonchev–Trinajstić information content (AvgIpc) is 2.55. The molecule has 0 spiro atoms. The highest BCUT2D eigenvalue weighted by atomic mass is 35.5. The summed E-state index contributed by atoms with van der Waals surface area (Å²) in [6.45, 7) is 0.278. The van der Waals surface area contributed by atoms with Crippen LogP contribution in [0.3, 0.4) is 0 Å². The summed E-state index contributed by atoms with van der Waals surface area (Å²) < 4.78 is 26.4. The lowest BCUT2D eigenvalue weighted by Gasteiger charge is -2.07. The second kappa shape index (κ2) is 8.40. The third-order valence-corrected chi connectivity index (χ3v) is 3.43. The van der Waals surface area contributed by atoms with E-state index in [-0.39, 0.29) is 24.6 Å². The van der Waals surface area contributed by atoms with Crippen LogP contribution in [0.2, 0.25) is 5.02 Å². The van der Waals surface area contributed by atoms with E-state index in [0.29, 0.717) is 17.0 Å². The molecular formula is C17H15ClF2N2O2. The summed E-state index contributed by atoms with van der Waals surface area (Å²) in [6, 6.07) is 9.23. The molecule has 2 aromatic rings. The average molecular weight is 353 g/mol. The summed E-state index contributed by atoms with van der Waals surface area (Å²) in [5.41, 5.74) is 0.260. The number of hydrogen-bond acceptors (Lipinski definition) is 2. The molecule has 0 aliphatic rings. The fourth-order valence-electron chi connectivity index (χ4n) is 1.96. The van der Waals surface area contributed by atoms with Crippen molar-refractivity contribution in [3.63, 3.8) is 0 Å². The molecule has 4 nitrogen and oxygen atoms in total. The summed E-state index contributed by atoms with van der Waals surface area (Å²) >= 11 is 5.74. The molecule has 2 aromatic carbocycles. The van der Waals surface area contributed by atoms with Gasteiger partial charge in [-0.25, -0.2) is 8.78 Å². The summed E-state index contributed by atoms with van der Waals surface area (Å²) in [6.07, 6.45) is 0.430. The molecule has 0 fully saturated rings. The zero-order valence-corrected chi connectivity index (χ0v) is 13.4. The van der Waals surface area contributed by atoms with Crippen molar-refractivity contribution in [2.45, 2.75) is 12.8 Å². The first-order chi connectivity index (χ1) is 11.5. The molecule has 7 heteroatoms. The molecule has 24 heavy (non-hydrogen) atoms. The van der Waals surface area contributed by atoms with E-state index in [9.17, 15) is 18.4 Å². The fraction of sp³-hybridized carbons (Fsp3) is 0.176. The smallest absolute Gasteiger partial charge is 0.251 e. The highest BCUT2D eigenvalue weighted by Gasteiger charge is 2.09. The molecular weight excluding hydrogens is 338 g/mol. The molecule has 0 aliphatic heterocycles. The minimum atomic E-state index is -0.708. The van der Waals surface area contributed by atoms with Gasteiger partial charge in [0.1, 0.15) is 11.6 Å². The van der Waals surface area contributed by atoms with Crippen molar-refractivity contribution >= 4 is 29.1 Å². The Morgan fingerprint density at radius 1 is 1.04 bits per heavy atom. The van der Waals surface area contributed by atoms with Gasteiger partial charge < -0.3 is 10.6 Å². The Hall–Kier alpha value is -2.47. The zero-order valence-electron chi connectivity index (χ0n) is 12.6. The lowest BCUT2D eigenvalue weighted by Crippen LogP contribution is -2.25. The molecule has 0 aromatic heterocycles. The van der Waals surface area contributed by atoms with Crippen LogP contribution in [0.5, 0.6) is 0 Å². The Kier molecular flexibility index (Phi) is 6.26. The normalized spacial score (nSPS) is 10.3. The number of halogens is 3. The minimum Gasteiger partial charge on any atom is -0.352 e. The highest BCUT2D eigenvalue weighted by Crippen LogP contribution is 2.15. The molecule has 0 bridgehead atoms. The topological polar surface area (TPSA) is 58.2 Å². The Morgan fingerprint density at radius 2 is 1.75 bits per heavy atom. The number of carbonyl (C=O) groups excluding carboxylic acids is 2. The van der Waals surface area contributed by atoms with Gasteiger partial charge in [-0.15, -0.1) is 0 Å². The van der Waals surface area contributed by atoms with Gasteiger partial charge in [0, 0.05) is 29.6 Å². The highest BCUT2D eigenvalue weighted by molar-refractivity contribution is 6.30. The van der Waals surface area contributed by atoms with Crippen molar-refractivity contribution in [1.29, 1.82) is 0 Å². The van der Waals surface area contributed by atoms with Gasteiger partial charge in [0.15, 0.2) is 0 Å². The quantitative estimate of drug-likeness (QED) is 0.777. The third kappa shape index (κ3) is 5.31. The maximum atomic E-state index is 13.4. The van der Waals surface area contributed by atoms with Crippen LogP contribution in [0.15, 0.2) is 42.5 Å². The predicted molar refractivity (Wildman–Crippen MR) is 88.0 cm³/mol. The van der Waals surface area contributed by atoms with Crippen molar-refractivity contribution < 1.29 is 18.4 Å². The molecule has 0 heterocycles. The Balaban J connectivity index is 1.73. The standard InChI is InChI=1S/C17H15ClF2N2O2/c18-12-5-3-11(4-6-12)17(24)21-9-1-2-16(23)22-15-10-13(19)7-8-14(15)20/h3-8,10H,1-2,9H2,(H,21,24)(H,22,23). The number of anilines is 1. The molecule has 2 amide bonds. The largest absolute Gasteiger partial charge is 0.352 e. The maximum Gasteiger partial charge on any atom is 0.251 e. The first-order valence-electron chi connectivity index (χ1n) is 7.24. The van der Waals surface area contributed by atoms with E-state index in [0.717, 1.165) is 18.2 Å². The summed E-state index contributed by atoms with van der Waals surface area (Å²) in [5, 5.41) is 5.49. The maximum absolute atomic E-state index is 13.4. The molecule has 126 valence electrons. The van der Waals surface area contributed by atoms with Crippen LogP contribution in [0, 0.1) is 11.6 Å². The van der Waals surface area contributed by atoms with E-state index in [1.165, 1.54) is 0 Å². The number of benzene rings is 2. The zero-order chi connectivity index (χ0) is 17.5. The van der Waals surface area contributed by atoms with E-state index >= 15 is 0 Å². The molecule has 0 saturated carbocycles. The van der Waals surface area contributed by atoms with Crippen LogP contribution >= 0.6 is 11.6 Å². The van der Waals surface area contributed by atoms with Crippen LogP contribution in [-0.2, 0) is 4.79 Å². The van der Waals surface area contributed by atoms with Crippen molar-refractivity contribution in [2.75, 3.05) is 11.9 Å². The molecule has 0 unspecified atom stereocenters.